The summed E-state index contributed by atoms with van der Waals surface area (Å²) < 4.78 is 13.2. The minimum Gasteiger partial charge on any atom is -0.342 e. The van der Waals surface area contributed by atoms with Crippen molar-refractivity contribution >= 4 is 29.5 Å². The molecule has 0 aliphatic carbocycles. The van der Waals surface area contributed by atoms with E-state index < -0.39 is 5.82 Å². The molecule has 2 fully saturated rings. The highest BCUT2D eigenvalue weighted by molar-refractivity contribution is 6.30. The van der Waals surface area contributed by atoms with Crippen molar-refractivity contribution in [2.75, 3.05) is 26.2 Å². The molecule has 0 spiro atoms. The molecule has 146 valence electrons. The van der Waals surface area contributed by atoms with Crippen molar-refractivity contribution in [2.45, 2.75) is 38.5 Å². The number of carbonyl (C=O) groups is 2. The van der Waals surface area contributed by atoms with Crippen LogP contribution in [-0.4, -0.2) is 47.8 Å². The Kier molecular flexibility index (Phi) is 6.89. The molecule has 0 bridgehead atoms. The number of piperidine rings is 1. The molecule has 0 saturated carbocycles. The van der Waals surface area contributed by atoms with E-state index in [1.807, 2.05) is 4.90 Å². The maximum absolute atomic E-state index is 13.2. The molecule has 0 atom stereocenters. The van der Waals surface area contributed by atoms with Gasteiger partial charge in [0.25, 0.3) is 0 Å². The summed E-state index contributed by atoms with van der Waals surface area (Å²) in [6.45, 7) is 2.94. The average Bonchev–Trinajstić information content (AvgIpc) is 2.98. The molecule has 0 aromatic heterocycles. The van der Waals surface area contributed by atoms with Crippen LogP contribution in [0.5, 0.6) is 0 Å². The van der Waals surface area contributed by atoms with Crippen molar-refractivity contribution in [1.82, 2.24) is 9.80 Å². The second-order valence-corrected chi connectivity index (χ2v) is 7.75. The Morgan fingerprint density at radius 2 is 1.67 bits per heavy atom. The standard InChI is InChI=1S/C21H26ClFN2O2/c22-18-15-16(5-7-19(18)23)6-8-20(26)24-13-9-17(10-14-24)21(27)25-11-3-1-2-4-12-25/h5-8,15,17H,1-4,9-14H2/b8-6+. The number of rotatable bonds is 3. The lowest BCUT2D eigenvalue weighted by Gasteiger charge is -2.33. The first kappa shape index (κ1) is 19.9. The predicted molar refractivity (Wildman–Crippen MR) is 105 cm³/mol. The van der Waals surface area contributed by atoms with Crippen LogP contribution in [0.15, 0.2) is 24.3 Å². The summed E-state index contributed by atoms with van der Waals surface area (Å²) in [6, 6.07) is 4.36. The highest BCUT2D eigenvalue weighted by atomic mass is 35.5. The molecule has 27 heavy (non-hydrogen) atoms. The largest absolute Gasteiger partial charge is 0.342 e. The van der Waals surface area contributed by atoms with Gasteiger partial charge in [0.15, 0.2) is 0 Å². The zero-order chi connectivity index (χ0) is 19.2. The van der Waals surface area contributed by atoms with E-state index >= 15 is 0 Å². The van der Waals surface area contributed by atoms with E-state index in [1.54, 1.807) is 17.0 Å². The normalized spacial score (nSPS) is 19.3. The fraction of sp³-hybridized carbons (Fsp3) is 0.524. The van der Waals surface area contributed by atoms with Gasteiger partial charge in [-0.1, -0.05) is 30.5 Å². The lowest BCUT2D eigenvalue weighted by molar-refractivity contribution is -0.139. The molecule has 2 amide bonds. The Bertz CT molecular complexity index is 706. The summed E-state index contributed by atoms with van der Waals surface area (Å²) in [5.74, 6) is -0.264. The number of hydrogen-bond acceptors (Lipinski definition) is 2. The maximum Gasteiger partial charge on any atom is 0.246 e. The Morgan fingerprint density at radius 3 is 2.30 bits per heavy atom. The molecule has 0 unspecified atom stereocenters. The zero-order valence-electron chi connectivity index (χ0n) is 15.5. The van der Waals surface area contributed by atoms with E-state index in [1.165, 1.54) is 31.1 Å². The number of carbonyl (C=O) groups excluding carboxylic acids is 2. The number of hydrogen-bond donors (Lipinski definition) is 0. The molecule has 2 aliphatic heterocycles. The van der Waals surface area contributed by atoms with Crippen molar-refractivity contribution in [3.63, 3.8) is 0 Å². The molecule has 3 rings (SSSR count). The van der Waals surface area contributed by atoms with Crippen LogP contribution in [0.2, 0.25) is 5.02 Å². The first-order valence-electron chi connectivity index (χ1n) is 9.75. The number of halogens is 2. The second kappa shape index (κ2) is 9.36. The van der Waals surface area contributed by atoms with E-state index in [-0.39, 0.29) is 22.8 Å². The van der Waals surface area contributed by atoms with Gasteiger partial charge >= 0.3 is 0 Å². The number of nitrogens with zero attached hydrogens (tertiary/aromatic N) is 2. The van der Waals surface area contributed by atoms with Crippen LogP contribution in [0.1, 0.15) is 44.1 Å². The van der Waals surface area contributed by atoms with Crippen LogP contribution in [-0.2, 0) is 9.59 Å². The van der Waals surface area contributed by atoms with Gasteiger partial charge in [-0.05, 0) is 49.5 Å². The van der Waals surface area contributed by atoms with E-state index in [2.05, 4.69) is 0 Å². The maximum atomic E-state index is 13.2. The van der Waals surface area contributed by atoms with E-state index in [0.29, 0.717) is 18.7 Å². The van der Waals surface area contributed by atoms with E-state index in [4.69, 9.17) is 11.6 Å². The molecule has 2 heterocycles. The van der Waals surface area contributed by atoms with Crippen LogP contribution < -0.4 is 0 Å². The quantitative estimate of drug-likeness (QED) is 0.725. The van der Waals surface area contributed by atoms with Gasteiger partial charge in [-0.2, -0.15) is 0 Å². The fourth-order valence-corrected chi connectivity index (χ4v) is 3.97. The monoisotopic (exact) mass is 392 g/mol. The smallest absolute Gasteiger partial charge is 0.246 e. The number of likely N-dealkylation sites (tertiary alicyclic amines) is 2. The molecule has 1 aromatic carbocycles. The van der Waals surface area contributed by atoms with Crippen molar-refractivity contribution < 1.29 is 14.0 Å². The average molecular weight is 393 g/mol. The van der Waals surface area contributed by atoms with Crippen LogP contribution in [0.4, 0.5) is 4.39 Å². The third kappa shape index (κ3) is 5.32. The molecule has 0 radical (unpaired) electrons. The van der Waals surface area contributed by atoms with Gasteiger partial charge < -0.3 is 9.80 Å². The SMILES string of the molecule is O=C(/C=C/c1ccc(F)c(Cl)c1)N1CCC(C(=O)N2CCCCCC2)CC1. The van der Waals surface area contributed by atoms with Gasteiger partial charge in [0, 0.05) is 38.2 Å². The molecule has 6 heteroatoms. The molecular weight excluding hydrogens is 367 g/mol. The highest BCUT2D eigenvalue weighted by Crippen LogP contribution is 2.22. The minimum absolute atomic E-state index is 0.0343. The van der Waals surface area contributed by atoms with Crippen molar-refractivity contribution in [1.29, 1.82) is 0 Å². The lowest BCUT2D eigenvalue weighted by Crippen LogP contribution is -2.44. The zero-order valence-corrected chi connectivity index (χ0v) is 16.3. The third-order valence-electron chi connectivity index (χ3n) is 5.44. The van der Waals surface area contributed by atoms with Crippen LogP contribution in [0.25, 0.3) is 6.08 Å². The minimum atomic E-state index is -0.476. The summed E-state index contributed by atoms with van der Waals surface area (Å²) in [6.07, 6.45) is 9.18. The van der Waals surface area contributed by atoms with Gasteiger partial charge in [0.1, 0.15) is 5.82 Å². The topological polar surface area (TPSA) is 40.6 Å². The molecule has 4 nitrogen and oxygen atoms in total. The molecule has 0 N–H and O–H groups in total. The van der Waals surface area contributed by atoms with E-state index in [9.17, 15) is 14.0 Å². The summed E-state index contributed by atoms with van der Waals surface area (Å²) in [5, 5.41) is 0.0393. The van der Waals surface area contributed by atoms with Crippen molar-refractivity contribution in [3.8, 4) is 0 Å². The first-order valence-corrected chi connectivity index (χ1v) is 10.1. The first-order chi connectivity index (χ1) is 13.0. The molecular formula is C21H26ClFN2O2. The number of benzene rings is 1. The Balaban J connectivity index is 1.50. The summed E-state index contributed by atoms with van der Waals surface area (Å²) in [7, 11) is 0. The van der Waals surface area contributed by atoms with Gasteiger partial charge in [0.2, 0.25) is 11.8 Å². The van der Waals surface area contributed by atoms with Gasteiger partial charge in [-0.3, -0.25) is 9.59 Å². The van der Waals surface area contributed by atoms with Crippen molar-refractivity contribution in [3.05, 3.63) is 40.7 Å². The fourth-order valence-electron chi connectivity index (χ4n) is 3.79. The third-order valence-corrected chi connectivity index (χ3v) is 5.73. The summed E-state index contributed by atoms with van der Waals surface area (Å²) in [4.78, 5) is 28.9. The summed E-state index contributed by atoms with van der Waals surface area (Å²) >= 11 is 5.76. The molecule has 2 aliphatic rings. The molecule has 1 aromatic rings. The Labute approximate surface area is 165 Å². The van der Waals surface area contributed by atoms with Gasteiger partial charge in [-0.25, -0.2) is 4.39 Å². The Morgan fingerprint density at radius 1 is 1.00 bits per heavy atom. The van der Waals surface area contributed by atoms with E-state index in [0.717, 1.165) is 38.8 Å². The second-order valence-electron chi connectivity index (χ2n) is 7.35. The van der Waals surface area contributed by atoms with Gasteiger partial charge in [0.05, 0.1) is 5.02 Å². The highest BCUT2D eigenvalue weighted by Gasteiger charge is 2.29. The van der Waals surface area contributed by atoms with Crippen LogP contribution in [0.3, 0.4) is 0 Å². The number of amides is 2. The lowest BCUT2D eigenvalue weighted by atomic mass is 9.95. The van der Waals surface area contributed by atoms with Gasteiger partial charge in [-0.15, -0.1) is 0 Å². The summed E-state index contributed by atoms with van der Waals surface area (Å²) in [5.41, 5.74) is 0.681. The van der Waals surface area contributed by atoms with Crippen LogP contribution >= 0.6 is 11.6 Å². The molecule has 2 saturated heterocycles. The van der Waals surface area contributed by atoms with Crippen LogP contribution in [0, 0.1) is 11.7 Å². The Hall–Kier alpha value is -1.88. The van der Waals surface area contributed by atoms with Crippen molar-refractivity contribution in [2.24, 2.45) is 5.92 Å². The predicted octanol–water partition coefficient (Wildman–Crippen LogP) is 4.13.